The van der Waals surface area contributed by atoms with E-state index in [9.17, 15) is 23.3 Å². The van der Waals surface area contributed by atoms with Gasteiger partial charge in [-0.05, 0) is 18.6 Å². The lowest BCUT2D eigenvalue weighted by Gasteiger charge is -2.10. The molecule has 4 N–H and O–H groups in total. The molecule has 0 saturated carbocycles. The van der Waals surface area contributed by atoms with Crippen LogP contribution in [0.3, 0.4) is 0 Å². The zero-order chi connectivity index (χ0) is 14.5. The average molecular weight is 278 g/mol. The van der Waals surface area contributed by atoms with Gasteiger partial charge in [0.1, 0.15) is 11.4 Å². The maximum absolute atomic E-state index is 11.9. The standard InChI is InChI=1S/C10H13F3N4O2/c11-10(12,13)5-2-6-15-7-3-1-4-8(16-14)9(7)17(18)19/h1,3-4,15-16H,2,5-6,14H2. The highest BCUT2D eigenvalue weighted by molar-refractivity contribution is 5.75. The third-order valence-corrected chi connectivity index (χ3v) is 2.33. The minimum absolute atomic E-state index is 0.0195. The van der Waals surface area contributed by atoms with Crippen molar-refractivity contribution in [2.24, 2.45) is 5.84 Å². The molecular weight excluding hydrogens is 265 g/mol. The number of nitrogens with two attached hydrogens (primary N) is 1. The van der Waals surface area contributed by atoms with Gasteiger partial charge in [0.05, 0.1) is 4.92 Å². The largest absolute Gasteiger partial charge is 0.389 e. The van der Waals surface area contributed by atoms with Crippen LogP contribution in [0, 0.1) is 10.1 Å². The number of nitro groups is 1. The molecule has 0 saturated heterocycles. The molecule has 0 aliphatic heterocycles. The Labute approximate surface area is 106 Å². The van der Waals surface area contributed by atoms with Crippen molar-refractivity contribution >= 4 is 17.1 Å². The zero-order valence-corrected chi connectivity index (χ0v) is 9.83. The lowest BCUT2D eigenvalue weighted by Crippen LogP contribution is -2.13. The summed E-state index contributed by atoms with van der Waals surface area (Å²) in [5, 5.41) is 13.5. The van der Waals surface area contributed by atoms with Gasteiger partial charge in [-0.3, -0.25) is 16.0 Å². The number of alkyl halides is 3. The minimum atomic E-state index is -4.23. The highest BCUT2D eigenvalue weighted by atomic mass is 19.4. The molecule has 1 rings (SSSR count). The Morgan fingerprint density at radius 2 is 1.95 bits per heavy atom. The van der Waals surface area contributed by atoms with Crippen molar-refractivity contribution in [2.45, 2.75) is 19.0 Å². The Morgan fingerprint density at radius 1 is 1.32 bits per heavy atom. The summed E-state index contributed by atoms with van der Waals surface area (Å²) in [6.07, 6.45) is -5.34. The molecule has 9 heteroatoms. The fraction of sp³-hybridized carbons (Fsp3) is 0.400. The number of rotatable bonds is 6. The van der Waals surface area contributed by atoms with Crippen LogP contribution in [0.15, 0.2) is 18.2 Å². The molecule has 0 spiro atoms. The summed E-state index contributed by atoms with van der Waals surface area (Å²) in [5.41, 5.74) is 2.09. The van der Waals surface area contributed by atoms with Crippen LogP contribution in [-0.4, -0.2) is 17.6 Å². The minimum Gasteiger partial charge on any atom is -0.379 e. The molecule has 0 fully saturated rings. The number of nitrogens with zero attached hydrogens (tertiary/aromatic N) is 1. The summed E-state index contributed by atoms with van der Waals surface area (Å²) in [6.45, 7) is -0.0195. The van der Waals surface area contributed by atoms with Crippen molar-refractivity contribution in [3.05, 3.63) is 28.3 Å². The van der Waals surface area contributed by atoms with E-state index < -0.39 is 17.5 Å². The van der Waals surface area contributed by atoms with E-state index in [0.29, 0.717) is 0 Å². The molecule has 19 heavy (non-hydrogen) atoms. The van der Waals surface area contributed by atoms with Crippen molar-refractivity contribution in [2.75, 3.05) is 17.3 Å². The van der Waals surface area contributed by atoms with Gasteiger partial charge in [0.25, 0.3) is 0 Å². The lowest BCUT2D eigenvalue weighted by molar-refractivity contribution is -0.383. The Bertz CT molecular complexity index is 451. The Morgan fingerprint density at radius 3 is 2.47 bits per heavy atom. The van der Waals surface area contributed by atoms with Gasteiger partial charge in [-0.2, -0.15) is 13.2 Å². The number of hydrazine groups is 1. The Kier molecular flexibility index (Phi) is 4.93. The van der Waals surface area contributed by atoms with Crippen molar-refractivity contribution in [3.63, 3.8) is 0 Å². The summed E-state index contributed by atoms with van der Waals surface area (Å²) in [6, 6.07) is 4.32. The number of nitrogens with one attached hydrogen (secondary N) is 2. The van der Waals surface area contributed by atoms with E-state index in [1.165, 1.54) is 18.2 Å². The van der Waals surface area contributed by atoms with Crippen LogP contribution in [0.25, 0.3) is 0 Å². The first-order valence-electron chi connectivity index (χ1n) is 5.40. The SMILES string of the molecule is NNc1cccc(NCCCC(F)(F)F)c1[N+](=O)[O-]. The highest BCUT2D eigenvalue weighted by Gasteiger charge is 2.26. The summed E-state index contributed by atoms with van der Waals surface area (Å²) < 4.78 is 35.8. The van der Waals surface area contributed by atoms with Gasteiger partial charge in [0.2, 0.25) is 0 Å². The second-order valence-corrected chi connectivity index (χ2v) is 3.75. The molecule has 0 heterocycles. The predicted molar refractivity (Wildman–Crippen MR) is 64.7 cm³/mol. The normalized spacial score (nSPS) is 11.2. The monoisotopic (exact) mass is 278 g/mol. The fourth-order valence-electron chi connectivity index (χ4n) is 1.51. The number of hydrogen-bond donors (Lipinski definition) is 3. The lowest BCUT2D eigenvalue weighted by atomic mass is 10.2. The fourth-order valence-corrected chi connectivity index (χ4v) is 1.51. The quantitative estimate of drug-likeness (QED) is 0.322. The first-order chi connectivity index (χ1) is 8.85. The van der Waals surface area contributed by atoms with Crippen LogP contribution in [0.5, 0.6) is 0 Å². The topological polar surface area (TPSA) is 93.2 Å². The second-order valence-electron chi connectivity index (χ2n) is 3.75. The predicted octanol–water partition coefficient (Wildman–Crippen LogP) is 2.63. The van der Waals surface area contributed by atoms with E-state index in [2.05, 4.69) is 10.7 Å². The number of hydrogen-bond acceptors (Lipinski definition) is 5. The number of nitro benzene ring substituents is 1. The van der Waals surface area contributed by atoms with Gasteiger partial charge >= 0.3 is 11.9 Å². The summed E-state index contributed by atoms with van der Waals surface area (Å²) in [4.78, 5) is 10.2. The Hall–Kier alpha value is -2.03. The smallest absolute Gasteiger partial charge is 0.379 e. The number of benzene rings is 1. The van der Waals surface area contributed by atoms with Gasteiger partial charge in [-0.15, -0.1) is 0 Å². The third-order valence-electron chi connectivity index (χ3n) is 2.33. The average Bonchev–Trinajstić information content (AvgIpc) is 2.32. The van der Waals surface area contributed by atoms with Crippen molar-refractivity contribution < 1.29 is 18.1 Å². The molecule has 1 aromatic carbocycles. The highest BCUT2D eigenvalue weighted by Crippen LogP contribution is 2.32. The van der Waals surface area contributed by atoms with Gasteiger partial charge < -0.3 is 10.7 Å². The summed E-state index contributed by atoms with van der Waals surface area (Å²) in [5.74, 6) is 5.14. The number of nitrogen functional groups attached to an aromatic ring is 1. The number of anilines is 2. The van der Waals surface area contributed by atoms with E-state index in [1.54, 1.807) is 0 Å². The van der Waals surface area contributed by atoms with E-state index in [0.717, 1.165) is 0 Å². The summed E-state index contributed by atoms with van der Waals surface area (Å²) in [7, 11) is 0. The van der Waals surface area contributed by atoms with Gasteiger partial charge in [-0.25, -0.2) is 0 Å². The molecule has 0 amide bonds. The molecule has 0 aliphatic rings. The molecule has 0 unspecified atom stereocenters. The van der Waals surface area contributed by atoms with Gasteiger partial charge in [0, 0.05) is 13.0 Å². The van der Waals surface area contributed by atoms with Crippen molar-refractivity contribution in [1.82, 2.24) is 0 Å². The molecule has 106 valence electrons. The van der Waals surface area contributed by atoms with Crippen LogP contribution in [0.2, 0.25) is 0 Å². The van der Waals surface area contributed by atoms with Gasteiger partial charge in [-0.1, -0.05) is 6.07 Å². The maximum atomic E-state index is 11.9. The molecule has 0 aromatic heterocycles. The molecule has 0 radical (unpaired) electrons. The molecule has 6 nitrogen and oxygen atoms in total. The first kappa shape index (κ1) is 15.0. The first-order valence-corrected chi connectivity index (χ1v) is 5.40. The maximum Gasteiger partial charge on any atom is 0.389 e. The van der Waals surface area contributed by atoms with Crippen molar-refractivity contribution in [1.29, 1.82) is 0 Å². The second kappa shape index (κ2) is 6.23. The van der Waals surface area contributed by atoms with Crippen LogP contribution in [-0.2, 0) is 0 Å². The van der Waals surface area contributed by atoms with Crippen LogP contribution in [0.4, 0.5) is 30.2 Å². The van der Waals surface area contributed by atoms with Crippen LogP contribution >= 0.6 is 0 Å². The zero-order valence-electron chi connectivity index (χ0n) is 9.83. The molecule has 0 aliphatic carbocycles. The van der Waals surface area contributed by atoms with Crippen LogP contribution < -0.4 is 16.6 Å². The van der Waals surface area contributed by atoms with Crippen molar-refractivity contribution in [3.8, 4) is 0 Å². The number of halogens is 3. The van der Waals surface area contributed by atoms with E-state index >= 15 is 0 Å². The molecular formula is C10H13F3N4O2. The van der Waals surface area contributed by atoms with E-state index in [4.69, 9.17) is 5.84 Å². The molecule has 1 aromatic rings. The molecule has 0 atom stereocenters. The molecule has 0 bridgehead atoms. The third kappa shape index (κ3) is 4.62. The summed E-state index contributed by atoms with van der Waals surface area (Å²) >= 11 is 0. The van der Waals surface area contributed by atoms with Gasteiger partial charge in [0.15, 0.2) is 0 Å². The van der Waals surface area contributed by atoms with E-state index in [-0.39, 0.29) is 30.0 Å². The number of para-hydroxylation sites is 1. The van der Waals surface area contributed by atoms with Crippen LogP contribution in [0.1, 0.15) is 12.8 Å². The van der Waals surface area contributed by atoms with E-state index in [1.807, 2.05) is 0 Å². The Balaban J connectivity index is 2.70.